The topological polar surface area (TPSA) is 67.8 Å². The molecule has 18 heavy (non-hydrogen) atoms. The third-order valence-electron chi connectivity index (χ3n) is 3.78. The maximum Gasteiger partial charge on any atom is 0.0722 e. The Kier molecular flexibility index (Phi) is 2.23. The van der Waals surface area contributed by atoms with E-state index in [2.05, 4.69) is 24.0 Å². The highest BCUT2D eigenvalue weighted by molar-refractivity contribution is 6.17. The quantitative estimate of drug-likeness (QED) is 0.570. The van der Waals surface area contributed by atoms with Crippen molar-refractivity contribution in [3.05, 3.63) is 35.4 Å². The maximum absolute atomic E-state index is 6.33. The van der Waals surface area contributed by atoms with Crippen molar-refractivity contribution in [2.75, 3.05) is 11.5 Å². The van der Waals surface area contributed by atoms with Crippen molar-refractivity contribution in [2.45, 2.75) is 20.3 Å². The van der Waals surface area contributed by atoms with E-state index >= 15 is 0 Å². The Morgan fingerprint density at radius 1 is 1.11 bits per heavy atom. The van der Waals surface area contributed by atoms with Crippen molar-refractivity contribution >= 4 is 33.2 Å². The Morgan fingerprint density at radius 3 is 2.56 bits per heavy atom. The van der Waals surface area contributed by atoms with Gasteiger partial charge in [-0.1, -0.05) is 25.1 Å². The van der Waals surface area contributed by atoms with E-state index in [-0.39, 0.29) is 0 Å². The predicted molar refractivity (Wildman–Crippen MR) is 78.7 cm³/mol. The predicted octanol–water partition coefficient (Wildman–Crippen LogP) is 3.36. The van der Waals surface area contributed by atoms with Gasteiger partial charge < -0.3 is 16.5 Å². The Labute approximate surface area is 106 Å². The van der Waals surface area contributed by atoms with Gasteiger partial charge in [-0.25, -0.2) is 0 Å². The number of nitrogens with one attached hydrogen (secondary N) is 1. The Balaban J connectivity index is 2.61. The van der Waals surface area contributed by atoms with E-state index in [1.165, 1.54) is 0 Å². The molecule has 3 nitrogen and oxygen atoms in total. The van der Waals surface area contributed by atoms with Gasteiger partial charge in [0, 0.05) is 22.0 Å². The largest absolute Gasteiger partial charge is 0.398 e. The number of H-pyrrole nitrogens is 1. The van der Waals surface area contributed by atoms with E-state index in [1.807, 2.05) is 19.1 Å². The molecule has 0 aliphatic heterocycles. The second kappa shape index (κ2) is 3.67. The first kappa shape index (κ1) is 11.0. The molecule has 0 aliphatic rings. The molecule has 5 N–H and O–H groups in total. The summed E-state index contributed by atoms with van der Waals surface area (Å²) in [7, 11) is 0. The fraction of sp³-hybridized carbons (Fsp3) is 0.200. The van der Waals surface area contributed by atoms with Gasteiger partial charge >= 0.3 is 0 Å². The molecule has 0 amide bonds. The lowest BCUT2D eigenvalue weighted by molar-refractivity contribution is 1.12. The Morgan fingerprint density at radius 2 is 1.83 bits per heavy atom. The number of para-hydroxylation sites is 1. The third-order valence-corrected chi connectivity index (χ3v) is 3.78. The van der Waals surface area contributed by atoms with Crippen molar-refractivity contribution in [3.63, 3.8) is 0 Å². The van der Waals surface area contributed by atoms with E-state index < -0.39 is 0 Å². The number of hydrogen-bond donors (Lipinski definition) is 3. The molecule has 3 heteroatoms. The first-order valence-electron chi connectivity index (χ1n) is 6.22. The van der Waals surface area contributed by atoms with Gasteiger partial charge in [0.05, 0.1) is 11.2 Å². The van der Waals surface area contributed by atoms with E-state index in [9.17, 15) is 0 Å². The van der Waals surface area contributed by atoms with Crippen LogP contribution in [0.4, 0.5) is 11.4 Å². The van der Waals surface area contributed by atoms with Gasteiger partial charge in [0.2, 0.25) is 0 Å². The fourth-order valence-corrected chi connectivity index (χ4v) is 2.78. The molecule has 0 saturated carbocycles. The molecule has 0 atom stereocenters. The van der Waals surface area contributed by atoms with Crippen LogP contribution in [0, 0.1) is 6.92 Å². The molecule has 0 fully saturated rings. The molecule has 1 aromatic heterocycles. The number of aromatic nitrogens is 1. The van der Waals surface area contributed by atoms with Gasteiger partial charge in [-0.15, -0.1) is 0 Å². The lowest BCUT2D eigenvalue weighted by Gasteiger charge is -2.12. The van der Waals surface area contributed by atoms with Crippen LogP contribution in [-0.4, -0.2) is 4.98 Å². The summed E-state index contributed by atoms with van der Waals surface area (Å²) < 4.78 is 0. The molecule has 92 valence electrons. The van der Waals surface area contributed by atoms with E-state index in [4.69, 9.17) is 11.5 Å². The molecular formula is C15H17N3. The SMILES string of the molecule is CCc1c(C)c(N)c2[nH]c3ccccc3c2c1N. The normalized spacial score (nSPS) is 11.4. The summed E-state index contributed by atoms with van der Waals surface area (Å²) in [6.07, 6.45) is 0.900. The molecule has 0 saturated heterocycles. The first-order chi connectivity index (χ1) is 8.65. The molecule has 0 unspecified atom stereocenters. The van der Waals surface area contributed by atoms with E-state index in [0.717, 1.165) is 50.7 Å². The van der Waals surface area contributed by atoms with Crippen molar-refractivity contribution < 1.29 is 0 Å². The number of fused-ring (bicyclic) bond motifs is 3. The average Bonchev–Trinajstić information content (AvgIpc) is 2.76. The standard InChI is InChI=1S/C15H17N3/c1-3-9-8(2)13(16)15-12(14(9)17)10-6-4-5-7-11(10)18-15/h4-7,18H,3,16-17H2,1-2H3. The number of nitrogen functional groups attached to an aromatic ring is 2. The van der Waals surface area contributed by atoms with Crippen molar-refractivity contribution in [1.82, 2.24) is 4.98 Å². The first-order valence-corrected chi connectivity index (χ1v) is 6.22. The maximum atomic E-state index is 6.33. The number of rotatable bonds is 1. The number of nitrogens with two attached hydrogens (primary N) is 2. The van der Waals surface area contributed by atoms with Gasteiger partial charge in [-0.2, -0.15) is 0 Å². The van der Waals surface area contributed by atoms with E-state index in [0.29, 0.717) is 0 Å². The number of aromatic amines is 1. The number of benzene rings is 2. The van der Waals surface area contributed by atoms with E-state index in [1.54, 1.807) is 0 Å². The molecule has 0 spiro atoms. The molecule has 0 bridgehead atoms. The monoisotopic (exact) mass is 239 g/mol. The summed E-state index contributed by atoms with van der Waals surface area (Å²) in [4.78, 5) is 3.37. The van der Waals surface area contributed by atoms with Crippen molar-refractivity contribution in [2.24, 2.45) is 0 Å². The lowest BCUT2D eigenvalue weighted by atomic mass is 9.98. The van der Waals surface area contributed by atoms with Gasteiger partial charge in [0.15, 0.2) is 0 Å². The van der Waals surface area contributed by atoms with Crippen LogP contribution in [0.5, 0.6) is 0 Å². The summed E-state index contributed by atoms with van der Waals surface area (Å²) in [6, 6.07) is 8.17. The lowest BCUT2D eigenvalue weighted by Crippen LogP contribution is -2.02. The minimum atomic E-state index is 0.812. The summed E-state index contributed by atoms with van der Waals surface area (Å²) in [5, 5.41) is 2.21. The zero-order valence-corrected chi connectivity index (χ0v) is 10.7. The van der Waals surface area contributed by atoms with Crippen LogP contribution in [0.15, 0.2) is 24.3 Å². The van der Waals surface area contributed by atoms with Gasteiger partial charge in [0.25, 0.3) is 0 Å². The van der Waals surface area contributed by atoms with Crippen LogP contribution in [-0.2, 0) is 6.42 Å². The molecule has 3 rings (SSSR count). The minimum absolute atomic E-state index is 0.812. The summed E-state index contributed by atoms with van der Waals surface area (Å²) in [5.74, 6) is 0. The van der Waals surface area contributed by atoms with Gasteiger partial charge in [-0.3, -0.25) is 0 Å². The Hall–Kier alpha value is -2.16. The second-order valence-electron chi connectivity index (χ2n) is 4.71. The average molecular weight is 239 g/mol. The highest BCUT2D eigenvalue weighted by atomic mass is 14.8. The second-order valence-corrected chi connectivity index (χ2v) is 4.71. The highest BCUT2D eigenvalue weighted by Crippen LogP contribution is 2.38. The van der Waals surface area contributed by atoms with Crippen LogP contribution < -0.4 is 11.5 Å². The van der Waals surface area contributed by atoms with Crippen LogP contribution >= 0.6 is 0 Å². The summed E-state index contributed by atoms with van der Waals surface area (Å²) >= 11 is 0. The number of hydrogen-bond acceptors (Lipinski definition) is 2. The van der Waals surface area contributed by atoms with Crippen molar-refractivity contribution in [1.29, 1.82) is 0 Å². The fourth-order valence-electron chi connectivity index (χ4n) is 2.78. The molecule has 2 aromatic carbocycles. The summed E-state index contributed by atoms with van der Waals surface area (Å²) in [6.45, 7) is 4.15. The molecule has 0 radical (unpaired) electrons. The Bertz CT molecular complexity index is 753. The van der Waals surface area contributed by atoms with Crippen LogP contribution in [0.3, 0.4) is 0 Å². The summed E-state index contributed by atoms with van der Waals surface area (Å²) in [5.41, 5.74) is 18.5. The molecule has 1 heterocycles. The van der Waals surface area contributed by atoms with Gasteiger partial charge in [-0.05, 0) is 30.5 Å². The van der Waals surface area contributed by atoms with Crippen LogP contribution in [0.1, 0.15) is 18.1 Å². The van der Waals surface area contributed by atoms with Crippen LogP contribution in [0.2, 0.25) is 0 Å². The highest BCUT2D eigenvalue weighted by Gasteiger charge is 2.15. The van der Waals surface area contributed by atoms with Crippen molar-refractivity contribution in [3.8, 4) is 0 Å². The smallest absolute Gasteiger partial charge is 0.0722 e. The van der Waals surface area contributed by atoms with Crippen LogP contribution in [0.25, 0.3) is 21.8 Å². The number of anilines is 2. The van der Waals surface area contributed by atoms with Gasteiger partial charge in [0.1, 0.15) is 0 Å². The zero-order valence-electron chi connectivity index (χ0n) is 10.7. The third kappa shape index (κ3) is 1.24. The minimum Gasteiger partial charge on any atom is -0.398 e. The zero-order chi connectivity index (χ0) is 12.9. The molecule has 3 aromatic rings. The molecular weight excluding hydrogens is 222 g/mol. The molecule has 0 aliphatic carbocycles.